The lowest BCUT2D eigenvalue weighted by Crippen LogP contribution is -2.62. The van der Waals surface area contributed by atoms with Crippen LogP contribution < -0.4 is 5.32 Å². The van der Waals surface area contributed by atoms with E-state index in [1.807, 2.05) is 13.8 Å². The van der Waals surface area contributed by atoms with Gasteiger partial charge in [0.1, 0.15) is 18.2 Å². The molecule has 4 aliphatic carbocycles. The van der Waals surface area contributed by atoms with Gasteiger partial charge in [0.15, 0.2) is 0 Å². The number of aliphatic hydroxyl groups is 2. The lowest BCUT2D eigenvalue weighted by molar-refractivity contribution is -0.210. The Morgan fingerprint density at radius 2 is 1.70 bits per heavy atom. The fourth-order valence-electron chi connectivity index (χ4n) is 9.87. The van der Waals surface area contributed by atoms with Crippen LogP contribution in [-0.2, 0) is 23.9 Å². The molecule has 0 aliphatic heterocycles. The second-order valence-corrected chi connectivity index (χ2v) is 16.1. The summed E-state index contributed by atoms with van der Waals surface area (Å²) in [6.07, 6.45) is 6.83. The maximum atomic E-state index is 12.6. The van der Waals surface area contributed by atoms with Gasteiger partial charge in [-0.3, -0.25) is 14.4 Å². The van der Waals surface area contributed by atoms with Crippen molar-refractivity contribution in [3.8, 4) is 0 Å². The third kappa shape index (κ3) is 6.95. The van der Waals surface area contributed by atoms with Crippen LogP contribution in [0.25, 0.3) is 0 Å². The van der Waals surface area contributed by atoms with E-state index in [9.17, 15) is 24.6 Å². The third-order valence-corrected chi connectivity index (χ3v) is 12.5. The van der Waals surface area contributed by atoms with E-state index in [1.54, 1.807) is 20.8 Å². The van der Waals surface area contributed by atoms with Crippen molar-refractivity contribution in [3.05, 3.63) is 0 Å². The largest absolute Gasteiger partial charge is 0.462 e. The molecule has 4 fully saturated rings. The minimum atomic E-state index is -0.587. The Balaban J connectivity index is 1.38. The molecule has 0 aromatic carbocycles. The number of carbonyl (C=O) groups is 3. The van der Waals surface area contributed by atoms with E-state index < -0.39 is 23.8 Å². The smallest absolute Gasteiger partial charge is 0.325 e. The van der Waals surface area contributed by atoms with Crippen molar-refractivity contribution in [2.75, 3.05) is 6.54 Å². The molecule has 246 valence electrons. The minimum Gasteiger partial charge on any atom is -0.462 e. The number of amides is 1. The molecule has 0 spiro atoms. The molecule has 12 unspecified atom stereocenters. The van der Waals surface area contributed by atoms with E-state index >= 15 is 0 Å². The maximum Gasteiger partial charge on any atom is 0.325 e. The van der Waals surface area contributed by atoms with Crippen LogP contribution in [0.15, 0.2) is 0 Å². The van der Waals surface area contributed by atoms with Crippen molar-refractivity contribution in [1.82, 2.24) is 5.32 Å². The molecule has 4 aliphatic rings. The summed E-state index contributed by atoms with van der Waals surface area (Å²) in [5, 5.41) is 26.3. The van der Waals surface area contributed by atoms with Gasteiger partial charge >= 0.3 is 11.9 Å². The SMILES string of the molecule is CCC(C)C(=O)OC1CCC2(C)C(C1)CC(O)C1C2CC(O)C2(C)C(C(C)CCC(=O)NCC(=O)OC(C)(C)C)CCC12. The molecule has 0 heterocycles. The first-order valence-corrected chi connectivity index (χ1v) is 17.1. The minimum absolute atomic E-state index is 0.0153. The number of hydrogen-bond acceptors (Lipinski definition) is 7. The van der Waals surface area contributed by atoms with Crippen molar-refractivity contribution in [2.24, 2.45) is 52.3 Å². The summed E-state index contributed by atoms with van der Waals surface area (Å²) in [5.74, 6) is 0.606. The number of hydrogen-bond donors (Lipinski definition) is 3. The van der Waals surface area contributed by atoms with Gasteiger partial charge in [0, 0.05) is 6.42 Å². The monoisotopic (exact) mass is 605 g/mol. The van der Waals surface area contributed by atoms with Gasteiger partial charge in [-0.2, -0.15) is 0 Å². The standard InChI is InChI=1S/C35H59NO7/c1-9-20(2)32(41)42-23-14-15-34(7)22(16-23)17-27(37)31-25-12-11-24(35(25,8)28(38)18-26(31)34)21(3)10-13-29(39)36-19-30(40)43-33(4,5)6/h20-28,31,37-38H,9-19H2,1-8H3,(H,36,39). The van der Waals surface area contributed by atoms with Crippen LogP contribution in [0.4, 0.5) is 0 Å². The molecular weight excluding hydrogens is 546 g/mol. The van der Waals surface area contributed by atoms with Gasteiger partial charge in [-0.1, -0.05) is 34.6 Å². The highest BCUT2D eigenvalue weighted by atomic mass is 16.6. The molecule has 0 aromatic rings. The molecule has 0 radical (unpaired) electrons. The molecule has 8 heteroatoms. The highest BCUT2D eigenvalue weighted by molar-refractivity contribution is 5.82. The van der Waals surface area contributed by atoms with E-state index in [4.69, 9.17) is 9.47 Å². The zero-order valence-corrected chi connectivity index (χ0v) is 28.0. The van der Waals surface area contributed by atoms with Crippen molar-refractivity contribution in [3.63, 3.8) is 0 Å². The predicted octanol–water partition coefficient (Wildman–Crippen LogP) is 5.42. The summed E-state index contributed by atoms with van der Waals surface area (Å²) in [6.45, 7) is 16.0. The number of esters is 2. The van der Waals surface area contributed by atoms with Crippen molar-refractivity contribution >= 4 is 17.8 Å². The zero-order chi connectivity index (χ0) is 31.9. The average molecular weight is 606 g/mol. The van der Waals surface area contributed by atoms with Crippen molar-refractivity contribution in [2.45, 2.75) is 144 Å². The lowest BCUT2D eigenvalue weighted by atomic mass is 9.43. The Morgan fingerprint density at radius 1 is 1.00 bits per heavy atom. The average Bonchev–Trinajstić information content (AvgIpc) is 3.28. The molecule has 3 N–H and O–H groups in total. The van der Waals surface area contributed by atoms with Gasteiger partial charge in [-0.25, -0.2) is 0 Å². The number of nitrogens with one attached hydrogen (secondary N) is 1. The first-order valence-electron chi connectivity index (χ1n) is 17.1. The first-order chi connectivity index (χ1) is 20.0. The summed E-state index contributed by atoms with van der Waals surface area (Å²) in [5.41, 5.74) is -0.877. The lowest BCUT2D eigenvalue weighted by Gasteiger charge is -2.63. The van der Waals surface area contributed by atoms with Crippen LogP contribution in [0.3, 0.4) is 0 Å². The number of aliphatic hydroxyl groups excluding tert-OH is 2. The van der Waals surface area contributed by atoms with Crippen LogP contribution in [0.2, 0.25) is 0 Å². The molecule has 43 heavy (non-hydrogen) atoms. The number of ether oxygens (including phenoxy) is 2. The van der Waals surface area contributed by atoms with Crippen molar-refractivity contribution in [1.29, 1.82) is 0 Å². The molecule has 12 atom stereocenters. The van der Waals surface area contributed by atoms with E-state index in [2.05, 4.69) is 26.1 Å². The van der Waals surface area contributed by atoms with Gasteiger partial charge in [0.2, 0.25) is 5.91 Å². The van der Waals surface area contributed by atoms with Gasteiger partial charge < -0.3 is 25.0 Å². The van der Waals surface area contributed by atoms with Gasteiger partial charge in [-0.15, -0.1) is 0 Å². The fraction of sp³-hybridized carbons (Fsp3) is 0.914. The summed E-state index contributed by atoms with van der Waals surface area (Å²) in [6, 6.07) is 0. The molecule has 4 saturated carbocycles. The molecule has 0 aromatic heterocycles. The summed E-state index contributed by atoms with van der Waals surface area (Å²) < 4.78 is 11.2. The molecule has 1 amide bonds. The third-order valence-electron chi connectivity index (χ3n) is 12.5. The molecule has 8 nitrogen and oxygen atoms in total. The quantitative estimate of drug-likeness (QED) is 0.300. The van der Waals surface area contributed by atoms with Crippen LogP contribution in [0.5, 0.6) is 0 Å². The topological polar surface area (TPSA) is 122 Å². The number of fused-ring (bicyclic) bond motifs is 5. The summed E-state index contributed by atoms with van der Waals surface area (Å²) in [4.78, 5) is 37.1. The second kappa shape index (κ2) is 13.0. The fourth-order valence-corrected chi connectivity index (χ4v) is 9.87. The van der Waals surface area contributed by atoms with Crippen LogP contribution in [-0.4, -0.2) is 58.5 Å². The second-order valence-electron chi connectivity index (χ2n) is 16.1. The Hall–Kier alpha value is -1.67. The highest BCUT2D eigenvalue weighted by Gasteiger charge is 2.65. The molecule has 0 saturated heterocycles. The van der Waals surface area contributed by atoms with E-state index in [0.29, 0.717) is 19.3 Å². The highest BCUT2D eigenvalue weighted by Crippen LogP contribution is 2.68. The van der Waals surface area contributed by atoms with Gasteiger partial charge in [-0.05, 0) is 125 Å². The van der Waals surface area contributed by atoms with Crippen LogP contribution >= 0.6 is 0 Å². The normalized spacial score (nSPS) is 40.3. The van der Waals surface area contributed by atoms with Crippen LogP contribution in [0.1, 0.15) is 120 Å². The summed E-state index contributed by atoms with van der Waals surface area (Å²) >= 11 is 0. The Kier molecular flexibility index (Phi) is 10.3. The van der Waals surface area contributed by atoms with Crippen molar-refractivity contribution < 1.29 is 34.1 Å². The molecular formula is C35H59NO7. The first kappa shape index (κ1) is 34.2. The van der Waals surface area contributed by atoms with E-state index in [0.717, 1.165) is 44.9 Å². The number of rotatable bonds is 9. The predicted molar refractivity (Wildman–Crippen MR) is 165 cm³/mol. The van der Waals surface area contributed by atoms with E-state index in [1.165, 1.54) is 0 Å². The Morgan fingerprint density at radius 3 is 2.35 bits per heavy atom. The molecule has 0 bridgehead atoms. The summed E-state index contributed by atoms with van der Waals surface area (Å²) in [7, 11) is 0. The molecule has 4 rings (SSSR count). The van der Waals surface area contributed by atoms with Gasteiger partial charge in [0.25, 0.3) is 0 Å². The zero-order valence-electron chi connectivity index (χ0n) is 28.0. The van der Waals surface area contributed by atoms with Crippen LogP contribution in [0, 0.1) is 52.3 Å². The van der Waals surface area contributed by atoms with E-state index in [-0.39, 0.29) is 76.8 Å². The number of carbonyl (C=O) groups excluding carboxylic acids is 3. The maximum absolute atomic E-state index is 12.6. The van der Waals surface area contributed by atoms with Gasteiger partial charge in [0.05, 0.1) is 18.1 Å². The Labute approximate surface area is 259 Å². The Bertz CT molecular complexity index is 1020.